The molecule has 0 atom stereocenters. The summed E-state index contributed by atoms with van der Waals surface area (Å²) in [7, 11) is 0. The molecular formula is C15H17BrN2O. The second kappa shape index (κ2) is 5.10. The SMILES string of the molecule is Cc1ccc(Br)cc1-c1nc(CO)c2n1CCCC2. The fourth-order valence-corrected chi connectivity index (χ4v) is 3.15. The van der Waals surface area contributed by atoms with Crippen LogP contribution in [0, 0.1) is 6.92 Å². The summed E-state index contributed by atoms with van der Waals surface area (Å²) < 4.78 is 3.34. The van der Waals surface area contributed by atoms with E-state index in [-0.39, 0.29) is 6.61 Å². The summed E-state index contributed by atoms with van der Waals surface area (Å²) >= 11 is 3.53. The lowest BCUT2D eigenvalue weighted by Crippen LogP contribution is -2.12. The predicted octanol–water partition coefficient (Wildman–Crippen LogP) is 3.45. The highest BCUT2D eigenvalue weighted by Crippen LogP contribution is 2.31. The van der Waals surface area contributed by atoms with Gasteiger partial charge in [-0.05, 0) is 43.9 Å². The van der Waals surface area contributed by atoms with E-state index in [1.807, 2.05) is 6.07 Å². The van der Waals surface area contributed by atoms with Gasteiger partial charge < -0.3 is 9.67 Å². The summed E-state index contributed by atoms with van der Waals surface area (Å²) in [5.41, 5.74) is 4.42. The molecule has 1 aliphatic heterocycles. The summed E-state index contributed by atoms with van der Waals surface area (Å²) in [5.74, 6) is 0.998. The first-order valence-corrected chi connectivity index (χ1v) is 7.45. The van der Waals surface area contributed by atoms with Crippen LogP contribution >= 0.6 is 15.9 Å². The van der Waals surface area contributed by atoms with Crippen molar-refractivity contribution < 1.29 is 5.11 Å². The maximum atomic E-state index is 9.49. The van der Waals surface area contributed by atoms with Crippen LogP contribution in [-0.2, 0) is 19.6 Å². The lowest BCUT2D eigenvalue weighted by Gasteiger charge is -2.18. The number of benzene rings is 1. The Hall–Kier alpha value is -1.13. The van der Waals surface area contributed by atoms with E-state index in [1.54, 1.807) is 0 Å². The van der Waals surface area contributed by atoms with Gasteiger partial charge >= 0.3 is 0 Å². The largest absolute Gasteiger partial charge is 0.390 e. The smallest absolute Gasteiger partial charge is 0.140 e. The molecule has 0 amide bonds. The Balaban J connectivity index is 2.19. The van der Waals surface area contributed by atoms with E-state index in [0.29, 0.717) is 0 Å². The minimum atomic E-state index is 0.0301. The first-order chi connectivity index (χ1) is 9.20. The predicted molar refractivity (Wildman–Crippen MR) is 79.0 cm³/mol. The van der Waals surface area contributed by atoms with E-state index < -0.39 is 0 Å². The van der Waals surface area contributed by atoms with Crippen LogP contribution in [0.25, 0.3) is 11.4 Å². The van der Waals surface area contributed by atoms with Crippen molar-refractivity contribution in [3.8, 4) is 11.4 Å². The number of halogens is 1. The maximum Gasteiger partial charge on any atom is 0.140 e. The van der Waals surface area contributed by atoms with Crippen molar-refractivity contribution in [2.45, 2.75) is 39.3 Å². The van der Waals surface area contributed by atoms with Crippen molar-refractivity contribution in [3.63, 3.8) is 0 Å². The van der Waals surface area contributed by atoms with Gasteiger partial charge in [0, 0.05) is 22.3 Å². The van der Waals surface area contributed by atoms with Crippen molar-refractivity contribution in [3.05, 3.63) is 39.6 Å². The molecule has 0 bridgehead atoms. The highest BCUT2D eigenvalue weighted by Gasteiger charge is 2.21. The highest BCUT2D eigenvalue weighted by atomic mass is 79.9. The Morgan fingerprint density at radius 2 is 2.21 bits per heavy atom. The van der Waals surface area contributed by atoms with Crippen molar-refractivity contribution >= 4 is 15.9 Å². The average molecular weight is 321 g/mol. The molecule has 3 nitrogen and oxygen atoms in total. The number of aliphatic hydroxyl groups excluding tert-OH is 1. The van der Waals surface area contributed by atoms with E-state index in [2.05, 4.69) is 44.5 Å². The normalized spacial score (nSPS) is 14.5. The molecule has 0 fully saturated rings. The van der Waals surface area contributed by atoms with Crippen LogP contribution in [0.2, 0.25) is 0 Å². The van der Waals surface area contributed by atoms with Crippen LogP contribution in [0.1, 0.15) is 29.8 Å². The Morgan fingerprint density at radius 1 is 1.37 bits per heavy atom. The summed E-state index contributed by atoms with van der Waals surface area (Å²) in [6.07, 6.45) is 3.40. The summed E-state index contributed by atoms with van der Waals surface area (Å²) in [6.45, 7) is 3.14. The van der Waals surface area contributed by atoms with Crippen molar-refractivity contribution in [2.24, 2.45) is 0 Å². The van der Waals surface area contributed by atoms with Gasteiger partial charge in [-0.2, -0.15) is 0 Å². The Labute approximate surface area is 121 Å². The van der Waals surface area contributed by atoms with Gasteiger partial charge in [0.1, 0.15) is 5.82 Å². The molecule has 0 saturated heterocycles. The molecule has 2 aromatic rings. The van der Waals surface area contributed by atoms with Gasteiger partial charge in [0.05, 0.1) is 12.3 Å². The minimum Gasteiger partial charge on any atom is -0.390 e. The fourth-order valence-electron chi connectivity index (χ4n) is 2.79. The lowest BCUT2D eigenvalue weighted by molar-refractivity contribution is 0.275. The standard InChI is InChI=1S/C15H17BrN2O/c1-10-5-6-11(16)8-12(10)15-17-13(9-19)14-4-2-3-7-18(14)15/h5-6,8,19H,2-4,7,9H2,1H3. The number of imidazole rings is 1. The van der Waals surface area contributed by atoms with Crippen molar-refractivity contribution in [1.82, 2.24) is 9.55 Å². The van der Waals surface area contributed by atoms with Crippen LogP contribution in [0.15, 0.2) is 22.7 Å². The number of aryl methyl sites for hydroxylation is 1. The van der Waals surface area contributed by atoms with Gasteiger partial charge in [-0.1, -0.05) is 22.0 Å². The van der Waals surface area contributed by atoms with Crippen molar-refractivity contribution in [1.29, 1.82) is 0 Å². The summed E-state index contributed by atoms with van der Waals surface area (Å²) in [4.78, 5) is 4.67. The van der Waals surface area contributed by atoms with Gasteiger partial charge in [-0.25, -0.2) is 4.98 Å². The third-order valence-electron chi connectivity index (χ3n) is 3.79. The highest BCUT2D eigenvalue weighted by molar-refractivity contribution is 9.10. The fraction of sp³-hybridized carbons (Fsp3) is 0.400. The number of nitrogens with zero attached hydrogens (tertiary/aromatic N) is 2. The third-order valence-corrected chi connectivity index (χ3v) is 4.28. The Bertz CT molecular complexity index is 619. The number of hydrogen-bond donors (Lipinski definition) is 1. The van der Waals surface area contributed by atoms with Gasteiger partial charge in [0.25, 0.3) is 0 Å². The molecule has 0 spiro atoms. The molecule has 4 heteroatoms. The Kier molecular flexibility index (Phi) is 3.46. The first-order valence-electron chi connectivity index (χ1n) is 6.66. The molecule has 0 unspecified atom stereocenters. The van der Waals surface area contributed by atoms with Gasteiger partial charge in [-0.3, -0.25) is 0 Å². The molecule has 0 radical (unpaired) electrons. The van der Waals surface area contributed by atoms with E-state index in [1.165, 1.54) is 24.1 Å². The molecule has 100 valence electrons. The molecule has 2 heterocycles. The quantitative estimate of drug-likeness (QED) is 0.920. The molecule has 19 heavy (non-hydrogen) atoms. The van der Waals surface area contributed by atoms with Crippen LogP contribution in [-0.4, -0.2) is 14.7 Å². The zero-order valence-corrected chi connectivity index (χ0v) is 12.6. The maximum absolute atomic E-state index is 9.49. The number of aromatic nitrogens is 2. The molecular weight excluding hydrogens is 304 g/mol. The molecule has 1 aliphatic rings. The summed E-state index contributed by atoms with van der Waals surface area (Å²) in [6, 6.07) is 6.26. The molecule has 1 aromatic carbocycles. The number of fused-ring (bicyclic) bond motifs is 1. The van der Waals surface area contributed by atoms with E-state index >= 15 is 0 Å². The molecule has 1 aromatic heterocycles. The van der Waals surface area contributed by atoms with Crippen LogP contribution in [0.4, 0.5) is 0 Å². The third kappa shape index (κ3) is 2.23. The second-order valence-corrected chi connectivity index (χ2v) is 5.97. The first kappa shape index (κ1) is 12.9. The molecule has 1 N–H and O–H groups in total. The Morgan fingerprint density at radius 3 is 3.00 bits per heavy atom. The zero-order valence-electron chi connectivity index (χ0n) is 11.0. The van der Waals surface area contributed by atoms with E-state index in [0.717, 1.165) is 34.5 Å². The monoisotopic (exact) mass is 320 g/mol. The van der Waals surface area contributed by atoms with Crippen molar-refractivity contribution in [2.75, 3.05) is 0 Å². The molecule has 0 saturated carbocycles. The molecule has 3 rings (SSSR count). The van der Waals surface area contributed by atoms with Gasteiger partial charge in [-0.15, -0.1) is 0 Å². The van der Waals surface area contributed by atoms with E-state index in [9.17, 15) is 5.11 Å². The number of hydrogen-bond acceptors (Lipinski definition) is 2. The van der Waals surface area contributed by atoms with Gasteiger partial charge in [0.15, 0.2) is 0 Å². The minimum absolute atomic E-state index is 0.0301. The molecule has 0 aliphatic carbocycles. The van der Waals surface area contributed by atoms with Crippen LogP contribution in [0.3, 0.4) is 0 Å². The van der Waals surface area contributed by atoms with Crippen LogP contribution in [0.5, 0.6) is 0 Å². The lowest BCUT2D eigenvalue weighted by atomic mass is 10.1. The number of aliphatic hydroxyl groups is 1. The van der Waals surface area contributed by atoms with Gasteiger partial charge in [0.2, 0.25) is 0 Å². The van der Waals surface area contributed by atoms with Crippen LogP contribution < -0.4 is 0 Å². The topological polar surface area (TPSA) is 38.1 Å². The number of rotatable bonds is 2. The van der Waals surface area contributed by atoms with E-state index in [4.69, 9.17) is 0 Å². The zero-order chi connectivity index (χ0) is 13.4. The second-order valence-electron chi connectivity index (χ2n) is 5.05. The summed E-state index contributed by atoms with van der Waals surface area (Å²) in [5, 5.41) is 9.49. The average Bonchev–Trinajstić information content (AvgIpc) is 2.80.